The maximum absolute atomic E-state index is 14.9. The third kappa shape index (κ3) is 5.81. The van der Waals surface area contributed by atoms with E-state index in [1.807, 2.05) is 62.4 Å². The van der Waals surface area contributed by atoms with E-state index in [0.29, 0.717) is 39.1 Å². The molecule has 2 aromatic carbocycles. The average molecular weight is 673 g/mol. The highest BCUT2D eigenvalue weighted by Crippen LogP contribution is 2.65. The number of aliphatic hydroxyl groups is 1. The summed E-state index contributed by atoms with van der Waals surface area (Å²) in [7, 11) is 0. The van der Waals surface area contributed by atoms with Gasteiger partial charge in [-0.15, -0.1) is 11.8 Å². The number of anilines is 3. The van der Waals surface area contributed by atoms with Gasteiger partial charge in [0.25, 0.3) is 5.91 Å². The zero-order valence-electron chi connectivity index (χ0n) is 28.5. The van der Waals surface area contributed by atoms with Gasteiger partial charge < -0.3 is 29.4 Å². The first-order chi connectivity index (χ1) is 23.2. The van der Waals surface area contributed by atoms with Crippen molar-refractivity contribution in [1.82, 2.24) is 4.90 Å². The van der Waals surface area contributed by atoms with E-state index in [-0.39, 0.29) is 24.3 Å². The van der Waals surface area contributed by atoms with Gasteiger partial charge in [-0.1, -0.05) is 24.3 Å². The molecule has 4 aliphatic rings. The van der Waals surface area contributed by atoms with Crippen LogP contribution in [0, 0.1) is 11.8 Å². The fraction of sp³-hybridized carbons (Fsp3) is 0.500. The number of rotatable bonds is 12. The quantitative estimate of drug-likeness (QED) is 0.242. The molecule has 10 heteroatoms. The van der Waals surface area contributed by atoms with Gasteiger partial charge in [0.05, 0.1) is 23.2 Å². The number of hydrogen-bond acceptors (Lipinski definition) is 7. The van der Waals surface area contributed by atoms with Gasteiger partial charge in [0, 0.05) is 61.1 Å². The summed E-state index contributed by atoms with van der Waals surface area (Å²) in [6, 6.07) is 14.8. The topological polar surface area (TPSA) is 93.6 Å². The third-order valence-electron chi connectivity index (χ3n) is 10.4. The molecule has 0 bridgehead atoms. The fourth-order valence-electron chi connectivity index (χ4n) is 8.12. The first-order valence-corrected chi connectivity index (χ1v) is 18.2. The van der Waals surface area contributed by atoms with E-state index in [1.54, 1.807) is 26.5 Å². The van der Waals surface area contributed by atoms with Crippen LogP contribution >= 0.6 is 11.8 Å². The number of aliphatic hydroxyl groups excluding tert-OH is 1. The number of thioether (sulfide) groups is 1. The summed E-state index contributed by atoms with van der Waals surface area (Å²) in [6.07, 6.45) is 10.2. The van der Waals surface area contributed by atoms with Crippen molar-refractivity contribution in [1.29, 1.82) is 0 Å². The minimum Gasteiger partial charge on any atom is -0.494 e. The van der Waals surface area contributed by atoms with E-state index in [9.17, 15) is 19.5 Å². The predicted octanol–water partition coefficient (Wildman–Crippen LogP) is 5.29. The second kappa shape index (κ2) is 14.0. The summed E-state index contributed by atoms with van der Waals surface area (Å²) in [5.41, 5.74) is 2.63. The smallest absolute Gasteiger partial charge is 0.251 e. The average Bonchev–Trinajstić information content (AvgIpc) is 3.35. The van der Waals surface area contributed by atoms with Crippen LogP contribution in [0.4, 0.5) is 17.1 Å². The molecule has 4 heterocycles. The van der Waals surface area contributed by atoms with Crippen LogP contribution in [0.2, 0.25) is 0 Å². The van der Waals surface area contributed by atoms with Gasteiger partial charge in [0.2, 0.25) is 11.8 Å². The Morgan fingerprint density at radius 1 is 0.812 bits per heavy atom. The normalized spacial score (nSPS) is 27.9. The number of nitrogens with zero attached hydrogens (tertiary/aromatic N) is 4. The van der Waals surface area contributed by atoms with Crippen LogP contribution in [-0.4, -0.2) is 89.2 Å². The number of carbonyl (C=O) groups is 3. The van der Waals surface area contributed by atoms with Crippen molar-refractivity contribution in [3.63, 3.8) is 0 Å². The molecule has 2 fully saturated rings. The molecule has 1 unspecified atom stereocenters. The summed E-state index contributed by atoms with van der Waals surface area (Å²) in [4.78, 5) is 51.9. The van der Waals surface area contributed by atoms with Gasteiger partial charge in [-0.2, -0.15) is 0 Å². The van der Waals surface area contributed by atoms with Gasteiger partial charge in [-0.05, 0) is 95.5 Å². The fourth-order valence-corrected chi connectivity index (χ4v) is 10.3. The lowest BCUT2D eigenvalue weighted by Gasteiger charge is -2.37. The molecule has 48 heavy (non-hydrogen) atoms. The first kappa shape index (κ1) is 34.1. The Kier molecular flexibility index (Phi) is 9.95. The van der Waals surface area contributed by atoms with Crippen molar-refractivity contribution >= 4 is 46.5 Å². The number of carbonyl (C=O) groups excluding carboxylic acids is 3. The van der Waals surface area contributed by atoms with Crippen molar-refractivity contribution in [3.05, 3.63) is 72.8 Å². The highest BCUT2D eigenvalue weighted by atomic mass is 32.2. The third-order valence-corrected chi connectivity index (χ3v) is 12.2. The second-order valence-corrected chi connectivity index (χ2v) is 14.9. The molecule has 6 rings (SSSR count). The minimum atomic E-state index is -0.914. The van der Waals surface area contributed by atoms with Crippen molar-refractivity contribution < 1.29 is 24.2 Å². The molecule has 3 amide bonds. The largest absolute Gasteiger partial charge is 0.494 e. The molecule has 9 nitrogen and oxygen atoms in total. The van der Waals surface area contributed by atoms with Crippen molar-refractivity contribution in [2.24, 2.45) is 11.8 Å². The van der Waals surface area contributed by atoms with Crippen molar-refractivity contribution in [2.45, 2.75) is 62.5 Å². The summed E-state index contributed by atoms with van der Waals surface area (Å²) in [6.45, 7) is 11.8. The predicted molar refractivity (Wildman–Crippen MR) is 193 cm³/mol. The lowest BCUT2D eigenvalue weighted by molar-refractivity contribution is -0.139. The van der Waals surface area contributed by atoms with E-state index in [1.165, 1.54) is 0 Å². The monoisotopic (exact) mass is 672 g/mol. The molecule has 0 radical (unpaired) electrons. The molecule has 2 saturated heterocycles. The molecular weight excluding hydrogens is 625 g/mol. The summed E-state index contributed by atoms with van der Waals surface area (Å²) < 4.78 is 4.03. The first-order valence-electron chi connectivity index (χ1n) is 17.4. The van der Waals surface area contributed by atoms with E-state index in [4.69, 9.17) is 4.74 Å². The van der Waals surface area contributed by atoms with E-state index in [2.05, 4.69) is 43.0 Å². The van der Waals surface area contributed by atoms with Crippen LogP contribution in [0.5, 0.6) is 5.75 Å². The summed E-state index contributed by atoms with van der Waals surface area (Å²) in [5.74, 6) is -1.01. The van der Waals surface area contributed by atoms with Crippen LogP contribution in [0.3, 0.4) is 0 Å². The molecule has 0 aromatic heterocycles. The number of ether oxygens (including phenoxy) is 1. The Labute approximate surface area is 288 Å². The number of amides is 3. The van der Waals surface area contributed by atoms with Gasteiger partial charge in [0.15, 0.2) is 0 Å². The molecule has 1 spiro atoms. The minimum absolute atomic E-state index is 0.0847. The van der Waals surface area contributed by atoms with Crippen LogP contribution in [0.25, 0.3) is 0 Å². The molecule has 2 aromatic rings. The molecule has 5 atom stereocenters. The van der Waals surface area contributed by atoms with Crippen molar-refractivity contribution in [3.8, 4) is 5.75 Å². The van der Waals surface area contributed by atoms with Crippen LogP contribution < -0.4 is 19.4 Å². The Morgan fingerprint density at radius 3 is 2.06 bits per heavy atom. The number of unbranched alkanes of at least 4 members (excludes halogenated alkanes) is 2. The van der Waals surface area contributed by atoms with Gasteiger partial charge in [-0.3, -0.25) is 14.4 Å². The molecule has 0 aliphatic carbocycles. The number of hydrogen-bond donors (Lipinski definition) is 1. The zero-order valence-corrected chi connectivity index (χ0v) is 29.3. The van der Waals surface area contributed by atoms with E-state index < -0.39 is 27.4 Å². The molecule has 256 valence electrons. The summed E-state index contributed by atoms with van der Waals surface area (Å²) >= 11 is 1.60. The lowest BCUT2D eigenvalue weighted by Crippen LogP contribution is -2.53. The molecule has 0 saturated carbocycles. The standard InChI is InChI=1S/C38H48N4O5S/c1-5-39(6-2)27-13-15-28(16-14-27)41-25-12-22-38-32(35(45)42(33(38)36(41)46)23-9-8-10-26-43)31-34(44)40(24-11-21-37(31,4)48-38)29-17-19-30(20-18-29)47-7-3/h11-22,31-33,43H,5-10,23-26H2,1-4H3/t31-,32-,33?,37+,38-/m0/s1. The Hall–Kier alpha value is -3.76. The van der Waals surface area contributed by atoms with Crippen LogP contribution in [-0.2, 0) is 14.4 Å². The van der Waals surface area contributed by atoms with Crippen LogP contribution in [0.1, 0.15) is 47.0 Å². The maximum Gasteiger partial charge on any atom is 0.251 e. The Morgan fingerprint density at radius 2 is 1.44 bits per heavy atom. The molecular formula is C38H48N4O5S. The highest BCUT2D eigenvalue weighted by molar-refractivity contribution is 8.02. The SMILES string of the molecule is CCOc1ccc(N2CC=C[C@@]3(C)S[C@]45C=CCN(c6ccc(N(CC)CC)cc6)C(=O)C4N(CCCCCO)C(=O)[C@@H]5[C@H]3C2=O)cc1. The van der Waals surface area contributed by atoms with E-state index in [0.717, 1.165) is 42.3 Å². The van der Waals surface area contributed by atoms with Gasteiger partial charge in [-0.25, -0.2) is 0 Å². The number of benzene rings is 2. The number of likely N-dealkylation sites (tertiary alicyclic amines) is 1. The second-order valence-electron chi connectivity index (χ2n) is 13.1. The maximum atomic E-state index is 14.9. The molecule has 1 N–H and O–H groups in total. The Bertz CT molecular complexity index is 1560. The van der Waals surface area contributed by atoms with Gasteiger partial charge in [0.1, 0.15) is 11.8 Å². The van der Waals surface area contributed by atoms with Crippen LogP contribution in [0.15, 0.2) is 72.8 Å². The van der Waals surface area contributed by atoms with Crippen molar-refractivity contribution in [2.75, 3.05) is 60.6 Å². The van der Waals surface area contributed by atoms with E-state index >= 15 is 0 Å². The zero-order chi connectivity index (χ0) is 34.1. The molecule has 4 aliphatic heterocycles. The van der Waals surface area contributed by atoms with Gasteiger partial charge >= 0.3 is 0 Å². The number of fused-ring (bicyclic) bond motifs is 2. The Balaban J connectivity index is 1.38. The highest BCUT2D eigenvalue weighted by Gasteiger charge is 2.74. The summed E-state index contributed by atoms with van der Waals surface area (Å²) in [5, 5.41) is 9.42. The lowest BCUT2D eigenvalue weighted by atomic mass is 9.74.